The van der Waals surface area contributed by atoms with Gasteiger partial charge in [0.05, 0.1) is 16.5 Å². The molecule has 2 aromatic heterocycles. The number of hydrogen-bond acceptors (Lipinski definition) is 7. The molecule has 36 heavy (non-hydrogen) atoms. The number of rotatable bonds is 10. The molecule has 0 aliphatic heterocycles. The summed E-state index contributed by atoms with van der Waals surface area (Å²) in [6.45, 7) is 8.67. The van der Waals surface area contributed by atoms with Crippen LogP contribution in [0.1, 0.15) is 17.0 Å². The normalized spacial score (nSPS) is 10.9. The minimum atomic E-state index is -0.204. The van der Waals surface area contributed by atoms with Gasteiger partial charge < -0.3 is 10.1 Å². The average Bonchev–Trinajstić information content (AvgIpc) is 3.45. The number of nitrogens with zero attached hydrogens (tertiary/aromatic N) is 4. The Hall–Kier alpha value is -2.85. The van der Waals surface area contributed by atoms with Crippen molar-refractivity contribution < 1.29 is 9.53 Å². The highest BCUT2D eigenvalue weighted by Crippen LogP contribution is 2.32. The molecule has 7 nitrogen and oxygen atoms in total. The Bertz CT molecular complexity index is 1400. The maximum Gasteiger partial charge on any atom is 0.236 e. The van der Waals surface area contributed by atoms with Gasteiger partial charge in [-0.25, -0.2) is 4.98 Å². The number of amides is 1. The fraction of sp³-hybridized carbons (Fsp3) is 0.200. The van der Waals surface area contributed by atoms with Gasteiger partial charge in [-0.1, -0.05) is 47.1 Å². The second-order valence-corrected chi connectivity index (χ2v) is 10.5. The highest BCUT2D eigenvalue weighted by Gasteiger charge is 2.16. The van der Waals surface area contributed by atoms with E-state index in [4.69, 9.17) is 27.9 Å². The maximum atomic E-state index is 12.6. The van der Waals surface area contributed by atoms with Gasteiger partial charge in [-0.3, -0.25) is 9.36 Å². The van der Waals surface area contributed by atoms with E-state index < -0.39 is 0 Å². The van der Waals surface area contributed by atoms with Crippen molar-refractivity contribution in [2.45, 2.75) is 32.2 Å². The third kappa shape index (κ3) is 6.47. The number of benzene rings is 2. The topological polar surface area (TPSA) is 81.9 Å². The zero-order valence-corrected chi connectivity index (χ0v) is 22.8. The lowest BCUT2D eigenvalue weighted by Crippen LogP contribution is -2.15. The van der Waals surface area contributed by atoms with Gasteiger partial charge in [0.2, 0.25) is 5.91 Å². The summed E-state index contributed by atoms with van der Waals surface area (Å²) in [5.41, 5.74) is 3.78. The molecular formula is C25H23Cl2N5O2S2. The lowest BCUT2D eigenvalue weighted by Gasteiger charge is -2.10. The van der Waals surface area contributed by atoms with E-state index in [1.54, 1.807) is 24.3 Å². The second-order valence-electron chi connectivity index (χ2n) is 7.83. The van der Waals surface area contributed by atoms with Crippen molar-refractivity contribution in [2.24, 2.45) is 0 Å². The number of carbonyl (C=O) groups excluding carboxylic acids is 1. The van der Waals surface area contributed by atoms with Gasteiger partial charge in [0.25, 0.3) is 0 Å². The SMILES string of the molecule is C=CCn1c(COc2ccc(C)c(C)c2)nnc1SCC(=O)Nc1nc(-c2ccc(Cl)cc2Cl)cs1. The van der Waals surface area contributed by atoms with Crippen LogP contribution < -0.4 is 10.1 Å². The Labute approximate surface area is 227 Å². The van der Waals surface area contributed by atoms with Crippen molar-refractivity contribution in [1.29, 1.82) is 0 Å². The number of halogens is 2. The number of allylic oxidation sites excluding steroid dienone is 1. The van der Waals surface area contributed by atoms with Crippen LogP contribution >= 0.6 is 46.3 Å². The Balaban J connectivity index is 1.36. The second kappa shape index (κ2) is 11.9. The molecule has 0 spiro atoms. The Kier molecular flexibility index (Phi) is 8.68. The largest absolute Gasteiger partial charge is 0.486 e. The fourth-order valence-corrected chi connectivity index (χ4v) is 5.23. The lowest BCUT2D eigenvalue weighted by molar-refractivity contribution is -0.113. The molecule has 0 fully saturated rings. The third-order valence-corrected chi connectivity index (χ3v) is 7.51. The van der Waals surface area contributed by atoms with E-state index in [0.717, 1.165) is 16.9 Å². The fourth-order valence-electron chi connectivity index (χ4n) is 3.23. The minimum Gasteiger partial charge on any atom is -0.486 e. The highest BCUT2D eigenvalue weighted by molar-refractivity contribution is 7.99. The summed E-state index contributed by atoms with van der Waals surface area (Å²) >= 11 is 14.8. The number of thioether (sulfide) groups is 1. The van der Waals surface area contributed by atoms with Gasteiger partial charge in [0.1, 0.15) is 12.4 Å². The summed E-state index contributed by atoms with van der Waals surface area (Å²) in [6, 6.07) is 11.2. The van der Waals surface area contributed by atoms with Crippen molar-refractivity contribution in [3.63, 3.8) is 0 Å². The Morgan fingerprint density at radius 3 is 2.78 bits per heavy atom. The number of ether oxygens (including phenoxy) is 1. The molecule has 1 amide bonds. The zero-order valence-electron chi connectivity index (χ0n) is 19.6. The summed E-state index contributed by atoms with van der Waals surface area (Å²) in [7, 11) is 0. The van der Waals surface area contributed by atoms with E-state index in [1.165, 1.54) is 28.7 Å². The summed E-state index contributed by atoms with van der Waals surface area (Å²) in [6.07, 6.45) is 1.76. The molecule has 0 saturated heterocycles. The molecule has 2 aromatic carbocycles. The molecule has 11 heteroatoms. The van der Waals surface area contributed by atoms with Crippen LogP contribution in [0.15, 0.2) is 59.6 Å². The first-order chi connectivity index (χ1) is 17.3. The first-order valence-electron chi connectivity index (χ1n) is 10.9. The summed E-state index contributed by atoms with van der Waals surface area (Å²) in [5.74, 6) is 1.36. The summed E-state index contributed by atoms with van der Waals surface area (Å²) in [4.78, 5) is 17.0. The summed E-state index contributed by atoms with van der Waals surface area (Å²) < 4.78 is 7.80. The molecule has 4 rings (SSSR count). The Morgan fingerprint density at radius 2 is 2.03 bits per heavy atom. The maximum absolute atomic E-state index is 12.6. The molecule has 0 unspecified atom stereocenters. The monoisotopic (exact) mass is 559 g/mol. The van der Waals surface area contributed by atoms with Crippen molar-refractivity contribution in [1.82, 2.24) is 19.7 Å². The molecule has 1 N–H and O–H groups in total. The van der Waals surface area contributed by atoms with Gasteiger partial charge >= 0.3 is 0 Å². The molecule has 4 aromatic rings. The van der Waals surface area contributed by atoms with Gasteiger partial charge in [0.15, 0.2) is 16.1 Å². The molecular weight excluding hydrogens is 537 g/mol. The molecule has 0 atom stereocenters. The number of nitrogens with one attached hydrogen (secondary N) is 1. The van der Waals surface area contributed by atoms with Crippen LogP contribution in [0.3, 0.4) is 0 Å². The first kappa shape index (κ1) is 26.2. The lowest BCUT2D eigenvalue weighted by atomic mass is 10.1. The first-order valence-corrected chi connectivity index (χ1v) is 13.5. The Morgan fingerprint density at radius 1 is 1.19 bits per heavy atom. The third-order valence-electron chi connectivity index (χ3n) is 5.24. The molecule has 2 heterocycles. The van der Waals surface area contributed by atoms with Gasteiger partial charge in [-0.05, 0) is 55.3 Å². The molecule has 0 bridgehead atoms. The van der Waals surface area contributed by atoms with Gasteiger partial charge in [-0.2, -0.15) is 0 Å². The predicted octanol–water partition coefficient (Wildman–Crippen LogP) is 6.82. The van der Waals surface area contributed by atoms with Gasteiger partial charge in [0, 0.05) is 22.5 Å². The smallest absolute Gasteiger partial charge is 0.236 e. The van der Waals surface area contributed by atoms with E-state index >= 15 is 0 Å². The van der Waals surface area contributed by atoms with Crippen LogP contribution in [-0.2, 0) is 17.9 Å². The summed E-state index contributed by atoms with van der Waals surface area (Å²) in [5, 5.41) is 15.3. The number of anilines is 1. The quantitative estimate of drug-likeness (QED) is 0.169. The number of carbonyl (C=O) groups is 1. The van der Waals surface area contributed by atoms with E-state index in [9.17, 15) is 4.79 Å². The minimum absolute atomic E-state index is 0.143. The van der Waals surface area contributed by atoms with Crippen LogP contribution in [0, 0.1) is 13.8 Å². The number of aryl methyl sites for hydroxylation is 2. The average molecular weight is 561 g/mol. The van der Waals surface area contributed by atoms with Crippen molar-refractivity contribution in [2.75, 3.05) is 11.1 Å². The number of hydrogen-bond donors (Lipinski definition) is 1. The van der Waals surface area contributed by atoms with Crippen molar-refractivity contribution in [3.05, 3.63) is 81.4 Å². The van der Waals surface area contributed by atoms with Crippen LogP contribution in [0.2, 0.25) is 10.0 Å². The molecule has 186 valence electrons. The molecule has 0 radical (unpaired) electrons. The number of thiazole rings is 1. The molecule has 0 aliphatic carbocycles. The standard InChI is InChI=1S/C25H23Cl2N5O2S2/c1-4-9-32-22(12-34-18-7-5-15(2)16(3)10-18)30-31-25(32)36-14-23(33)29-24-28-21(13-35-24)19-8-6-17(26)11-20(19)27/h4-8,10-11,13H,1,9,12,14H2,2-3H3,(H,28,29,33). The highest BCUT2D eigenvalue weighted by atomic mass is 35.5. The van der Waals surface area contributed by atoms with Crippen LogP contribution in [0.25, 0.3) is 11.3 Å². The predicted molar refractivity (Wildman–Crippen MR) is 147 cm³/mol. The van der Waals surface area contributed by atoms with E-state index in [2.05, 4.69) is 34.0 Å². The van der Waals surface area contributed by atoms with Gasteiger partial charge in [-0.15, -0.1) is 28.1 Å². The van der Waals surface area contributed by atoms with Crippen molar-refractivity contribution >= 4 is 57.3 Å². The number of aromatic nitrogens is 4. The van der Waals surface area contributed by atoms with Crippen LogP contribution in [-0.4, -0.2) is 31.4 Å². The van der Waals surface area contributed by atoms with Crippen LogP contribution in [0.4, 0.5) is 5.13 Å². The molecule has 0 saturated carbocycles. The zero-order chi connectivity index (χ0) is 25.7. The molecule has 0 aliphatic rings. The van der Waals surface area contributed by atoms with E-state index in [1.807, 2.05) is 35.1 Å². The van der Waals surface area contributed by atoms with E-state index in [-0.39, 0.29) is 18.3 Å². The van der Waals surface area contributed by atoms with E-state index in [0.29, 0.717) is 38.4 Å². The van der Waals surface area contributed by atoms with Crippen LogP contribution in [0.5, 0.6) is 5.75 Å². The van der Waals surface area contributed by atoms with Crippen molar-refractivity contribution in [3.8, 4) is 17.0 Å².